The number of nitrogens with one attached hydrogen (secondary N) is 1. The van der Waals surface area contributed by atoms with Crippen molar-refractivity contribution in [2.75, 3.05) is 0 Å². The molecule has 1 aliphatic carbocycles. The van der Waals surface area contributed by atoms with Crippen LogP contribution in [-0.4, -0.2) is 47.3 Å². The molecule has 1 aliphatic rings. The second-order valence-electron chi connectivity index (χ2n) is 6.88. The molecule has 0 amide bonds. The van der Waals surface area contributed by atoms with E-state index in [9.17, 15) is 24.1 Å². The van der Waals surface area contributed by atoms with Crippen molar-refractivity contribution in [2.45, 2.75) is 30.8 Å². The van der Waals surface area contributed by atoms with Crippen molar-refractivity contribution in [1.82, 2.24) is 14.5 Å². The van der Waals surface area contributed by atoms with Gasteiger partial charge in [0.05, 0.1) is 30.0 Å². The van der Waals surface area contributed by atoms with Gasteiger partial charge in [-0.05, 0) is 30.2 Å². The highest BCUT2D eigenvalue weighted by molar-refractivity contribution is 5.74. The lowest BCUT2D eigenvalue weighted by molar-refractivity contribution is -0.0265. The molecule has 2 heterocycles. The van der Waals surface area contributed by atoms with Crippen LogP contribution in [0.1, 0.15) is 24.1 Å². The first-order valence-electron chi connectivity index (χ1n) is 8.64. The lowest BCUT2D eigenvalue weighted by atomic mass is 9.92. The Balaban J connectivity index is 1.67. The first-order valence-corrected chi connectivity index (χ1v) is 8.64. The Hall–Kier alpha value is -2.82. The van der Waals surface area contributed by atoms with Crippen LogP contribution < -0.4 is 5.49 Å². The maximum atomic E-state index is 13.5. The van der Waals surface area contributed by atoms with Crippen molar-refractivity contribution >= 4 is 11.0 Å². The van der Waals surface area contributed by atoms with Gasteiger partial charge >= 0.3 is 0 Å². The summed E-state index contributed by atoms with van der Waals surface area (Å²) in [5.41, 5.74) is 0.728. The normalized spacial score (nSPS) is 26.8. The Morgan fingerprint density at radius 2 is 1.96 bits per heavy atom. The number of aliphatic hydroxyl groups is 3. The topological polar surface area (TPSA) is 127 Å². The molecule has 4 rings (SSSR count). The number of rotatable bonds is 3. The molecule has 8 nitrogen and oxygen atoms in total. The van der Waals surface area contributed by atoms with E-state index in [4.69, 9.17) is 5.21 Å². The van der Waals surface area contributed by atoms with Crippen LogP contribution in [0.15, 0.2) is 41.9 Å². The van der Waals surface area contributed by atoms with Crippen LogP contribution in [0.4, 0.5) is 8.78 Å². The summed E-state index contributed by atoms with van der Waals surface area (Å²) >= 11 is 0. The maximum Gasteiger partial charge on any atom is 0.203 e. The summed E-state index contributed by atoms with van der Waals surface area (Å²) in [5, 5.41) is 44.3. The van der Waals surface area contributed by atoms with E-state index in [1.54, 1.807) is 16.8 Å². The Labute approximate surface area is 157 Å². The molecule has 1 saturated carbocycles. The zero-order valence-electron chi connectivity index (χ0n) is 14.4. The van der Waals surface area contributed by atoms with Crippen molar-refractivity contribution in [3.8, 4) is 0 Å². The third-order valence-electron chi connectivity index (χ3n) is 5.38. The fraction of sp³-hybridized carbons (Fsp3) is 0.333. The van der Waals surface area contributed by atoms with E-state index in [0.29, 0.717) is 11.0 Å². The summed E-state index contributed by atoms with van der Waals surface area (Å²) in [6.07, 6.45) is -0.635. The van der Waals surface area contributed by atoms with Gasteiger partial charge in [-0.15, -0.1) is 0 Å². The minimum Gasteiger partial charge on any atom is -0.409 e. The molecular formula is C18H18F2N4O4. The Bertz CT molecular complexity index is 1080. The van der Waals surface area contributed by atoms with E-state index in [-0.39, 0.29) is 17.5 Å². The minimum absolute atomic E-state index is 0.0962. The number of halogens is 2. The highest BCUT2D eigenvalue weighted by Gasteiger charge is 2.46. The lowest BCUT2D eigenvalue weighted by Gasteiger charge is -2.22. The number of H-pyrrole nitrogens is 1. The summed E-state index contributed by atoms with van der Waals surface area (Å²) in [6.45, 7) is 0. The number of benzene rings is 1. The van der Waals surface area contributed by atoms with Gasteiger partial charge in [-0.3, -0.25) is 0 Å². The average molecular weight is 392 g/mol. The van der Waals surface area contributed by atoms with Crippen molar-refractivity contribution in [2.24, 2.45) is 11.1 Å². The van der Waals surface area contributed by atoms with Gasteiger partial charge in [0.15, 0.2) is 11.6 Å². The molecule has 0 spiro atoms. The third kappa shape index (κ3) is 2.86. The smallest absolute Gasteiger partial charge is 0.203 e. The van der Waals surface area contributed by atoms with Crippen LogP contribution in [0.5, 0.6) is 0 Å². The Morgan fingerprint density at radius 1 is 1.18 bits per heavy atom. The van der Waals surface area contributed by atoms with Crippen LogP contribution in [0.2, 0.25) is 0 Å². The van der Waals surface area contributed by atoms with Crippen LogP contribution in [0.25, 0.3) is 11.0 Å². The van der Waals surface area contributed by atoms with Gasteiger partial charge in [0.2, 0.25) is 5.49 Å². The van der Waals surface area contributed by atoms with Crippen molar-refractivity contribution in [3.05, 3.63) is 59.5 Å². The number of hydrogen-bond acceptors (Lipinski definition) is 6. The minimum atomic E-state index is -1.29. The number of aromatic nitrogens is 3. The van der Waals surface area contributed by atoms with Gasteiger partial charge in [0, 0.05) is 12.1 Å². The van der Waals surface area contributed by atoms with Gasteiger partial charge in [-0.1, -0.05) is 11.2 Å². The third-order valence-corrected chi connectivity index (χ3v) is 5.38. The molecule has 5 atom stereocenters. The summed E-state index contributed by atoms with van der Waals surface area (Å²) in [4.78, 5) is 6.80. The fourth-order valence-electron chi connectivity index (χ4n) is 3.94. The van der Waals surface area contributed by atoms with Crippen molar-refractivity contribution < 1.29 is 29.3 Å². The molecule has 5 N–H and O–H groups in total. The van der Waals surface area contributed by atoms with Crippen LogP contribution >= 0.6 is 0 Å². The monoisotopic (exact) mass is 392 g/mol. The van der Waals surface area contributed by atoms with Crippen molar-refractivity contribution in [1.29, 1.82) is 0 Å². The van der Waals surface area contributed by atoms with Gasteiger partial charge in [0.1, 0.15) is 11.8 Å². The van der Waals surface area contributed by atoms with E-state index in [2.05, 4.69) is 15.1 Å². The summed E-state index contributed by atoms with van der Waals surface area (Å²) in [6, 6.07) is 4.07. The number of nitrogens with zero attached hydrogens (tertiary/aromatic N) is 3. The summed E-state index contributed by atoms with van der Waals surface area (Å²) in [7, 11) is 0. The molecule has 1 fully saturated rings. The molecule has 10 heteroatoms. The van der Waals surface area contributed by atoms with Crippen molar-refractivity contribution in [3.63, 3.8) is 0 Å². The molecule has 0 saturated heterocycles. The molecule has 2 aromatic heterocycles. The molecule has 0 unspecified atom stereocenters. The average Bonchev–Trinajstić information content (AvgIpc) is 3.25. The predicted molar refractivity (Wildman–Crippen MR) is 91.9 cm³/mol. The zero-order valence-corrected chi connectivity index (χ0v) is 14.4. The van der Waals surface area contributed by atoms with Crippen LogP contribution in [0.3, 0.4) is 0 Å². The molecule has 3 aromatic rings. The van der Waals surface area contributed by atoms with E-state index >= 15 is 0 Å². The van der Waals surface area contributed by atoms with Gasteiger partial charge in [0.25, 0.3) is 0 Å². The largest absolute Gasteiger partial charge is 0.409 e. The number of aliphatic hydroxyl groups excluding tert-OH is 3. The summed E-state index contributed by atoms with van der Waals surface area (Å²) in [5.74, 6) is -2.93. The highest BCUT2D eigenvalue weighted by Crippen LogP contribution is 2.43. The molecule has 28 heavy (non-hydrogen) atoms. The first-order chi connectivity index (χ1) is 13.4. The second kappa shape index (κ2) is 6.97. The Kier molecular flexibility index (Phi) is 4.61. The van der Waals surface area contributed by atoms with E-state index in [1.807, 2.05) is 0 Å². The molecular weight excluding hydrogens is 374 g/mol. The SMILES string of the molecule is O/N=c1\nc[nH]c2c1ccn2[C@@H]1C[C@H]([C@H](O)c2ccc(F)c(F)c2)[C@@H](O)[C@H]1O. The standard InChI is InChI=1S/C18H18F2N4O4/c19-11-2-1-8(5-12(11)20)14(25)10-6-13(16(27)15(10)26)24-4-3-9-17(23-28)21-7-22-18(9)24/h1-5,7,10,13-16,25-28H,6H2,(H,21,22,23)/t10-,13-,14-,15-,16+/m1/s1. The predicted octanol–water partition coefficient (Wildman–Crippen LogP) is 0.949. The first kappa shape index (κ1) is 18.5. The maximum absolute atomic E-state index is 13.5. The lowest BCUT2D eigenvalue weighted by Crippen LogP contribution is -2.31. The molecule has 0 bridgehead atoms. The number of fused-ring (bicyclic) bond motifs is 1. The van der Waals surface area contributed by atoms with Gasteiger partial charge < -0.3 is 30.1 Å². The van der Waals surface area contributed by atoms with Crippen LogP contribution in [0, 0.1) is 17.6 Å². The molecule has 1 aromatic carbocycles. The zero-order chi connectivity index (χ0) is 20.0. The van der Waals surface area contributed by atoms with Gasteiger partial charge in [-0.2, -0.15) is 0 Å². The Morgan fingerprint density at radius 3 is 2.68 bits per heavy atom. The van der Waals surface area contributed by atoms with E-state index in [0.717, 1.165) is 12.1 Å². The van der Waals surface area contributed by atoms with Gasteiger partial charge in [-0.25, -0.2) is 13.8 Å². The molecule has 0 radical (unpaired) electrons. The van der Waals surface area contributed by atoms with E-state index in [1.165, 1.54) is 12.4 Å². The summed E-state index contributed by atoms with van der Waals surface area (Å²) < 4.78 is 28.3. The molecule has 0 aliphatic heterocycles. The fourth-order valence-corrected chi connectivity index (χ4v) is 3.94. The quantitative estimate of drug-likeness (QED) is 0.335. The number of aromatic amines is 1. The van der Waals surface area contributed by atoms with E-state index < -0.39 is 41.9 Å². The second-order valence-corrected chi connectivity index (χ2v) is 6.88. The molecule has 148 valence electrons. The number of hydrogen-bond donors (Lipinski definition) is 5. The highest BCUT2D eigenvalue weighted by atomic mass is 19.2. The van der Waals surface area contributed by atoms with Crippen LogP contribution in [-0.2, 0) is 0 Å².